The van der Waals surface area contributed by atoms with Gasteiger partial charge in [-0.1, -0.05) is 48.5 Å². The lowest BCUT2D eigenvalue weighted by Crippen LogP contribution is -2.39. The third kappa shape index (κ3) is 2.63. The van der Waals surface area contributed by atoms with Gasteiger partial charge in [0, 0.05) is 5.70 Å². The maximum absolute atomic E-state index is 12.2. The maximum Gasteiger partial charge on any atom is 0.255 e. The fraction of sp³-hybridized carbons (Fsp3) is 0.111. The van der Waals surface area contributed by atoms with Gasteiger partial charge in [0.1, 0.15) is 6.42 Å². The molecular weight excluding hydrogens is 276 g/mol. The summed E-state index contributed by atoms with van der Waals surface area (Å²) in [7, 11) is 0. The highest BCUT2D eigenvalue weighted by atomic mass is 16.2. The number of hydrogen-bond donors (Lipinski definition) is 0. The van der Waals surface area contributed by atoms with Crippen LogP contribution in [0.1, 0.15) is 18.9 Å². The average molecular weight is 292 g/mol. The monoisotopic (exact) mass is 292 g/mol. The van der Waals surface area contributed by atoms with Crippen molar-refractivity contribution in [2.45, 2.75) is 13.3 Å². The Morgan fingerprint density at radius 1 is 0.909 bits per heavy atom. The van der Waals surface area contributed by atoms with E-state index in [0.717, 1.165) is 5.56 Å². The van der Waals surface area contributed by atoms with Crippen LogP contribution in [0.15, 0.2) is 66.4 Å². The van der Waals surface area contributed by atoms with Crippen molar-refractivity contribution < 1.29 is 9.59 Å². The van der Waals surface area contributed by atoms with E-state index < -0.39 is 0 Å². The number of carbonyl (C=O) groups is 2. The van der Waals surface area contributed by atoms with Gasteiger partial charge in [-0.15, -0.1) is 0 Å². The molecule has 4 heteroatoms. The number of anilines is 1. The van der Waals surface area contributed by atoms with Crippen LogP contribution >= 0.6 is 0 Å². The van der Waals surface area contributed by atoms with Crippen LogP contribution in [0.25, 0.3) is 6.08 Å². The minimum atomic E-state index is -0.211. The zero-order valence-corrected chi connectivity index (χ0v) is 12.3. The molecule has 1 aliphatic heterocycles. The lowest BCUT2D eigenvalue weighted by atomic mass is 10.2. The second-order valence-corrected chi connectivity index (χ2v) is 5.12. The summed E-state index contributed by atoms with van der Waals surface area (Å²) in [4.78, 5) is 24.4. The van der Waals surface area contributed by atoms with Crippen LogP contribution in [0.3, 0.4) is 0 Å². The summed E-state index contributed by atoms with van der Waals surface area (Å²) in [5, 5.41) is 2.89. The van der Waals surface area contributed by atoms with E-state index in [1.165, 1.54) is 10.0 Å². The first kappa shape index (κ1) is 14.1. The SMILES string of the molecule is C/C(=C\c1ccccc1)N1C(=O)CC(=O)N1c1ccccc1. The average Bonchev–Trinajstić information content (AvgIpc) is 2.83. The van der Waals surface area contributed by atoms with Crippen molar-refractivity contribution in [2.75, 3.05) is 5.01 Å². The van der Waals surface area contributed by atoms with Gasteiger partial charge in [-0.2, -0.15) is 0 Å². The van der Waals surface area contributed by atoms with Gasteiger partial charge in [-0.25, -0.2) is 10.0 Å². The molecule has 0 aliphatic carbocycles. The number of carbonyl (C=O) groups excluding carboxylic acids is 2. The first-order valence-corrected chi connectivity index (χ1v) is 7.11. The van der Waals surface area contributed by atoms with Crippen molar-refractivity contribution in [3.8, 4) is 0 Å². The van der Waals surface area contributed by atoms with E-state index in [1.807, 2.05) is 73.7 Å². The second kappa shape index (κ2) is 5.85. The van der Waals surface area contributed by atoms with Gasteiger partial charge in [0.05, 0.1) is 5.69 Å². The van der Waals surface area contributed by atoms with E-state index in [2.05, 4.69) is 0 Å². The van der Waals surface area contributed by atoms with Gasteiger partial charge in [0.15, 0.2) is 0 Å². The zero-order chi connectivity index (χ0) is 15.5. The molecule has 0 atom stereocenters. The first-order chi connectivity index (χ1) is 10.7. The maximum atomic E-state index is 12.2. The Morgan fingerprint density at radius 2 is 1.50 bits per heavy atom. The predicted octanol–water partition coefficient (Wildman–Crippen LogP) is 3.23. The van der Waals surface area contributed by atoms with Crippen molar-refractivity contribution in [2.24, 2.45) is 0 Å². The van der Waals surface area contributed by atoms with Gasteiger partial charge in [-0.05, 0) is 30.7 Å². The van der Waals surface area contributed by atoms with Gasteiger partial charge in [0.2, 0.25) is 0 Å². The molecule has 0 spiro atoms. The molecule has 4 nitrogen and oxygen atoms in total. The van der Waals surface area contributed by atoms with Crippen molar-refractivity contribution in [3.05, 3.63) is 71.9 Å². The molecule has 1 saturated heterocycles. The van der Waals surface area contributed by atoms with Crippen LogP contribution in [-0.2, 0) is 9.59 Å². The minimum Gasteiger partial charge on any atom is -0.272 e. The molecule has 22 heavy (non-hydrogen) atoms. The molecule has 3 rings (SSSR count). The van der Waals surface area contributed by atoms with Gasteiger partial charge in [0.25, 0.3) is 11.8 Å². The molecule has 2 amide bonds. The van der Waals surface area contributed by atoms with Crippen LogP contribution in [0.4, 0.5) is 5.69 Å². The highest BCUT2D eigenvalue weighted by Crippen LogP contribution is 2.27. The zero-order valence-electron chi connectivity index (χ0n) is 12.3. The molecule has 1 aliphatic rings. The molecule has 0 aromatic heterocycles. The van der Waals surface area contributed by atoms with E-state index in [4.69, 9.17) is 0 Å². The fourth-order valence-corrected chi connectivity index (χ4v) is 2.54. The summed E-state index contributed by atoms with van der Waals surface area (Å²) in [6, 6.07) is 18.9. The number of nitrogens with zero attached hydrogens (tertiary/aromatic N) is 2. The lowest BCUT2D eigenvalue weighted by molar-refractivity contribution is -0.126. The van der Waals surface area contributed by atoms with Crippen molar-refractivity contribution >= 4 is 23.6 Å². The summed E-state index contributed by atoms with van der Waals surface area (Å²) < 4.78 is 0. The largest absolute Gasteiger partial charge is 0.272 e. The summed E-state index contributed by atoms with van der Waals surface area (Å²) in [6.45, 7) is 1.83. The molecule has 0 radical (unpaired) electrons. The highest BCUT2D eigenvalue weighted by Gasteiger charge is 2.37. The summed E-state index contributed by atoms with van der Waals surface area (Å²) >= 11 is 0. The molecule has 1 heterocycles. The van der Waals surface area contributed by atoms with E-state index >= 15 is 0 Å². The third-order valence-corrected chi connectivity index (χ3v) is 3.48. The number of allylic oxidation sites excluding steroid dienone is 1. The Morgan fingerprint density at radius 3 is 2.14 bits per heavy atom. The van der Waals surface area contributed by atoms with Crippen molar-refractivity contribution in [3.63, 3.8) is 0 Å². The van der Waals surface area contributed by atoms with E-state index in [9.17, 15) is 9.59 Å². The van der Waals surface area contributed by atoms with Crippen LogP contribution in [0, 0.1) is 0 Å². The predicted molar refractivity (Wildman–Crippen MR) is 85.5 cm³/mol. The minimum absolute atomic E-state index is 0.102. The molecule has 110 valence electrons. The Labute approximate surface area is 129 Å². The van der Waals surface area contributed by atoms with Crippen LogP contribution in [0.5, 0.6) is 0 Å². The number of para-hydroxylation sites is 1. The molecule has 2 aromatic carbocycles. The van der Waals surface area contributed by atoms with Crippen LogP contribution in [-0.4, -0.2) is 16.8 Å². The number of benzene rings is 2. The first-order valence-electron chi connectivity index (χ1n) is 7.11. The number of hydrazine groups is 1. The number of rotatable bonds is 3. The highest BCUT2D eigenvalue weighted by molar-refractivity contribution is 6.12. The van der Waals surface area contributed by atoms with Gasteiger partial charge < -0.3 is 0 Å². The standard InChI is InChI=1S/C18H16N2O2/c1-14(12-15-8-4-2-5-9-15)19-17(21)13-18(22)20(19)16-10-6-3-7-11-16/h2-12H,13H2,1H3/b14-12+. The van der Waals surface area contributed by atoms with Gasteiger partial charge in [-0.3, -0.25) is 9.59 Å². The smallest absolute Gasteiger partial charge is 0.255 e. The van der Waals surface area contributed by atoms with Crippen LogP contribution < -0.4 is 5.01 Å². The molecule has 0 unspecified atom stereocenters. The Balaban J connectivity index is 1.98. The van der Waals surface area contributed by atoms with Gasteiger partial charge >= 0.3 is 0 Å². The second-order valence-electron chi connectivity index (χ2n) is 5.12. The molecule has 1 fully saturated rings. The molecule has 0 N–H and O–H groups in total. The topological polar surface area (TPSA) is 40.6 Å². The third-order valence-electron chi connectivity index (χ3n) is 3.48. The Bertz CT molecular complexity index is 723. The summed E-state index contributed by atoms with van der Waals surface area (Å²) in [5.74, 6) is -0.421. The van der Waals surface area contributed by atoms with E-state index in [1.54, 1.807) is 0 Å². The Hall–Kier alpha value is -2.88. The number of amides is 2. The molecule has 0 saturated carbocycles. The quantitative estimate of drug-likeness (QED) is 0.815. The Kier molecular flexibility index (Phi) is 3.74. The van der Waals surface area contributed by atoms with Crippen molar-refractivity contribution in [1.82, 2.24) is 5.01 Å². The normalized spacial score (nSPS) is 15.6. The number of hydrogen-bond acceptors (Lipinski definition) is 2. The van der Waals surface area contributed by atoms with E-state index in [-0.39, 0.29) is 18.2 Å². The fourth-order valence-electron chi connectivity index (χ4n) is 2.54. The van der Waals surface area contributed by atoms with E-state index in [0.29, 0.717) is 11.4 Å². The molecule has 2 aromatic rings. The molecular formula is C18H16N2O2. The van der Waals surface area contributed by atoms with Crippen molar-refractivity contribution in [1.29, 1.82) is 0 Å². The lowest BCUT2D eigenvalue weighted by Gasteiger charge is -2.28. The molecule has 0 bridgehead atoms. The van der Waals surface area contributed by atoms with Crippen LogP contribution in [0.2, 0.25) is 0 Å². The summed E-state index contributed by atoms with van der Waals surface area (Å²) in [5.41, 5.74) is 2.39. The summed E-state index contributed by atoms with van der Waals surface area (Å²) in [6.07, 6.45) is 1.79.